The topological polar surface area (TPSA) is 176 Å². The third-order valence-electron chi connectivity index (χ3n) is 7.01. The first-order valence-electron chi connectivity index (χ1n) is 15.1. The van der Waals surface area contributed by atoms with E-state index < -0.39 is 31.8 Å². The van der Waals surface area contributed by atoms with Crippen molar-refractivity contribution in [2.24, 2.45) is 15.9 Å². The smallest absolute Gasteiger partial charge is 0.860 e. The van der Waals surface area contributed by atoms with E-state index in [0.29, 0.717) is 31.5 Å². The van der Waals surface area contributed by atoms with Crippen LogP contribution in [0.25, 0.3) is 0 Å². The molecule has 0 aliphatic rings. The first-order valence-corrected chi connectivity index (χ1v) is 17.4. The number of nitrogens with two attached hydrogens (primary N) is 1. The summed E-state index contributed by atoms with van der Waals surface area (Å²) in [5.41, 5.74) is 8.11. The number of unbranched alkanes of at least 4 members (excludes halogenated alkanes) is 1. The number of hydrogen-bond acceptors (Lipinski definition) is 10. The van der Waals surface area contributed by atoms with Crippen LogP contribution in [0.15, 0.2) is 99.8 Å². The van der Waals surface area contributed by atoms with Gasteiger partial charge in [-0.15, -0.1) is 0 Å². The summed E-state index contributed by atoms with van der Waals surface area (Å²) in [4.78, 5) is 28.2. The Kier molecular flexibility index (Phi) is 21.5. The second-order valence-corrected chi connectivity index (χ2v) is 13.5. The third kappa shape index (κ3) is 16.1. The van der Waals surface area contributed by atoms with Crippen LogP contribution in [0, 0.1) is 5.92 Å². The van der Waals surface area contributed by atoms with E-state index in [-0.39, 0.29) is 84.2 Å². The maximum absolute atomic E-state index is 13.6. The predicted octanol–water partition coefficient (Wildman–Crippen LogP) is -1.79. The van der Waals surface area contributed by atoms with Gasteiger partial charge in [-0.1, -0.05) is 74.5 Å². The van der Waals surface area contributed by atoms with E-state index in [1.807, 2.05) is 72.8 Å². The molecule has 0 amide bonds. The fourth-order valence-corrected chi connectivity index (χ4v) is 6.45. The Morgan fingerprint density at radius 1 is 0.938 bits per heavy atom. The van der Waals surface area contributed by atoms with Gasteiger partial charge in [0, 0.05) is 35.6 Å². The number of benzene rings is 3. The fraction of sp³-hybridized carbons (Fsp3) is 0.394. The monoisotopic (exact) mass is 716 g/mol. The quantitative estimate of drug-likeness (QED) is 0.0260. The van der Waals surface area contributed by atoms with Crippen LogP contribution in [0.2, 0.25) is 0 Å². The normalized spacial score (nSPS) is 13.6. The zero-order valence-electron chi connectivity index (χ0n) is 28.3. The van der Waals surface area contributed by atoms with Crippen molar-refractivity contribution < 1.29 is 92.9 Å². The number of methoxy groups -OCH3 is 1. The number of anilines is 1. The second-order valence-electron chi connectivity index (χ2n) is 11.2. The van der Waals surface area contributed by atoms with Gasteiger partial charge in [-0.25, -0.2) is 8.87 Å². The van der Waals surface area contributed by atoms with Crippen molar-refractivity contribution in [3.05, 3.63) is 96.1 Å². The van der Waals surface area contributed by atoms with E-state index in [2.05, 4.69) is 28.1 Å². The van der Waals surface area contributed by atoms with E-state index >= 15 is 0 Å². The Bertz CT molecular complexity index is 1400. The molecule has 0 aromatic heterocycles. The number of rotatable bonds is 18. The molecule has 250 valence electrons. The number of ether oxygens (including phenoxy) is 1. The van der Waals surface area contributed by atoms with E-state index in [9.17, 15) is 24.6 Å². The van der Waals surface area contributed by atoms with Crippen LogP contribution in [-0.2, 0) is 13.8 Å². The van der Waals surface area contributed by atoms with Crippen LogP contribution < -0.4 is 75.1 Å². The summed E-state index contributed by atoms with van der Waals surface area (Å²) in [5, 5.41) is 25.9. The van der Waals surface area contributed by atoms with Gasteiger partial charge >= 0.3 is 66.9 Å². The Morgan fingerprint density at radius 3 is 2.00 bits per heavy atom. The van der Waals surface area contributed by atoms with Crippen LogP contribution in [0.5, 0.6) is 0 Å². The molecule has 48 heavy (non-hydrogen) atoms. The third-order valence-corrected chi connectivity index (χ3v) is 8.66. The molecular weight excluding hydrogens is 673 g/mol. The van der Waals surface area contributed by atoms with E-state index in [0.717, 1.165) is 16.0 Å². The number of phosphoric ester groups is 1. The number of nitrogens with zero attached hydrogens (tertiary/aromatic N) is 3. The van der Waals surface area contributed by atoms with Crippen molar-refractivity contribution in [3.63, 3.8) is 0 Å². The molecule has 3 aromatic rings. The zero-order valence-corrected chi connectivity index (χ0v) is 34.1. The summed E-state index contributed by atoms with van der Waals surface area (Å²) in [7, 11) is -3.48. The van der Waals surface area contributed by atoms with Gasteiger partial charge in [0.15, 0.2) is 0 Å². The minimum atomic E-state index is -4.69. The molecule has 0 saturated carbocycles. The van der Waals surface area contributed by atoms with Crippen LogP contribution >= 0.6 is 19.8 Å². The summed E-state index contributed by atoms with van der Waals surface area (Å²) in [5.74, 6) is -0.823. The maximum Gasteiger partial charge on any atom is 1.00 e. The van der Waals surface area contributed by atoms with Gasteiger partial charge in [0.2, 0.25) is 0 Å². The van der Waals surface area contributed by atoms with Gasteiger partial charge in [-0.05, 0) is 85.5 Å². The first kappa shape index (κ1) is 44.6. The molecule has 0 radical (unpaired) electrons. The predicted molar refractivity (Wildman–Crippen MR) is 179 cm³/mol. The molecule has 15 heteroatoms. The molecule has 0 unspecified atom stereocenters. The van der Waals surface area contributed by atoms with Crippen molar-refractivity contribution in [3.8, 4) is 0 Å². The van der Waals surface area contributed by atoms with E-state index in [1.165, 1.54) is 19.1 Å². The maximum atomic E-state index is 13.6. The Labute approximate surface area is 332 Å². The van der Waals surface area contributed by atoms with E-state index in [1.54, 1.807) is 12.1 Å². The summed E-state index contributed by atoms with van der Waals surface area (Å²) in [6.07, 6.45) is 0.794. The molecule has 4 N–H and O–H groups in total. The molecular formula is C33H43N4Na2O7PS. The first-order chi connectivity index (χ1) is 22.0. The molecule has 0 aliphatic carbocycles. The average Bonchev–Trinajstić information content (AvgIpc) is 3.03. The summed E-state index contributed by atoms with van der Waals surface area (Å²) < 4.78 is 23.4. The molecule has 0 spiro atoms. The molecule has 0 fully saturated rings. The largest absolute Gasteiger partial charge is 1.00 e. The van der Waals surface area contributed by atoms with Gasteiger partial charge in [0.25, 0.3) is 0 Å². The summed E-state index contributed by atoms with van der Waals surface area (Å²) >= 11 is 1.47. The minimum absolute atomic E-state index is 0. The van der Waals surface area contributed by atoms with Crippen molar-refractivity contribution in [1.82, 2.24) is 4.31 Å². The van der Waals surface area contributed by atoms with Gasteiger partial charge in [0.1, 0.15) is 6.08 Å². The standard InChI is InChI=1S/C33H45N4O7PS.2Na/c1-24(2)22-37(46-29-19-17-27(34)18-20-29)28(23-44-45(40,41)42)16-10-11-21-35-32(38)31(36-33(39)43-3)30(25-12-6-4-7-13-25)26-14-8-5-9-15-26;;/h4-9,12-15,17-20,24,28,30-31H,10-11,16,21-23,34H2,1-3H3,(H,35,38)(H,36,39)(H2,40,41,42);;/q;2*+1/p-2/t28-,31-;;/m0../s1. The Balaban J connectivity index is 0.00000576. The SMILES string of the molecule is COC([O-])=N[C@H](C([O-])=NCCCC[C@@H](COP(=O)(O)O)N(CC(C)C)Sc1ccc(N)cc1)C(c1ccccc1)c1ccccc1.[Na+].[Na+]. The van der Waals surface area contributed by atoms with Crippen molar-refractivity contribution >= 4 is 37.4 Å². The summed E-state index contributed by atoms with van der Waals surface area (Å²) in [6, 6.07) is 24.7. The number of aliphatic imine (C=N–C) groups is 2. The average molecular weight is 717 g/mol. The van der Waals surface area contributed by atoms with Gasteiger partial charge in [-0.3, -0.25) is 9.52 Å². The Hall–Kier alpha value is -1.38. The molecule has 3 aromatic carbocycles. The summed E-state index contributed by atoms with van der Waals surface area (Å²) in [6.45, 7) is 4.78. The second kappa shape index (κ2) is 23.2. The molecule has 0 saturated heterocycles. The van der Waals surface area contributed by atoms with Crippen molar-refractivity contribution in [2.75, 3.05) is 32.5 Å². The molecule has 0 bridgehead atoms. The van der Waals surface area contributed by atoms with E-state index in [4.69, 9.17) is 15.0 Å². The molecule has 11 nitrogen and oxygen atoms in total. The molecule has 0 aliphatic heterocycles. The van der Waals surface area contributed by atoms with Crippen LogP contribution in [0.4, 0.5) is 5.69 Å². The van der Waals surface area contributed by atoms with Crippen molar-refractivity contribution in [2.45, 2.75) is 56.0 Å². The van der Waals surface area contributed by atoms with Crippen LogP contribution in [0.1, 0.15) is 50.2 Å². The number of hydrogen-bond donors (Lipinski definition) is 3. The Morgan fingerprint density at radius 2 is 1.50 bits per heavy atom. The van der Waals surface area contributed by atoms with Gasteiger partial charge in [0.05, 0.1) is 12.6 Å². The van der Waals surface area contributed by atoms with Gasteiger partial charge in [-0.2, -0.15) is 0 Å². The number of nitrogen functional groups attached to an aromatic ring is 1. The van der Waals surface area contributed by atoms with Crippen LogP contribution in [0.3, 0.4) is 0 Å². The fourth-order valence-electron chi connectivity index (χ4n) is 4.87. The van der Waals surface area contributed by atoms with Gasteiger partial charge < -0.3 is 35.5 Å². The molecule has 0 heterocycles. The number of phosphoric acid groups is 1. The molecule has 2 atom stereocenters. The minimum Gasteiger partial charge on any atom is -0.860 e. The van der Waals surface area contributed by atoms with Crippen molar-refractivity contribution in [1.29, 1.82) is 0 Å². The molecule has 3 rings (SSSR count). The van der Waals surface area contributed by atoms with Crippen LogP contribution in [-0.4, -0.2) is 65.0 Å². The zero-order chi connectivity index (χ0) is 33.5.